The Balaban J connectivity index is 1.99. The van der Waals surface area contributed by atoms with Gasteiger partial charge in [-0.05, 0) is 48.4 Å². The molecule has 2 amide bonds. The van der Waals surface area contributed by atoms with Gasteiger partial charge in [0.1, 0.15) is 5.75 Å². The van der Waals surface area contributed by atoms with Crippen LogP contribution in [-0.2, 0) is 4.79 Å². The Bertz CT molecular complexity index is 724. The summed E-state index contributed by atoms with van der Waals surface area (Å²) in [5.41, 5.74) is 1.89. The molecular weight excluding hydrogens is 316 g/mol. The van der Waals surface area contributed by atoms with E-state index in [1.54, 1.807) is 49.4 Å². The molecule has 5 heteroatoms. The molecule has 0 fully saturated rings. The van der Waals surface area contributed by atoms with E-state index >= 15 is 0 Å². The van der Waals surface area contributed by atoms with Gasteiger partial charge < -0.3 is 15.4 Å². The van der Waals surface area contributed by atoms with E-state index in [1.165, 1.54) is 0 Å². The van der Waals surface area contributed by atoms with Crippen molar-refractivity contribution >= 4 is 23.2 Å². The van der Waals surface area contributed by atoms with Gasteiger partial charge >= 0.3 is 0 Å². The first-order valence-electron chi connectivity index (χ1n) is 8.42. The fourth-order valence-electron chi connectivity index (χ4n) is 2.08. The van der Waals surface area contributed by atoms with Crippen molar-refractivity contribution in [2.75, 3.05) is 17.2 Å². The van der Waals surface area contributed by atoms with Gasteiger partial charge in [0.15, 0.2) is 0 Å². The van der Waals surface area contributed by atoms with E-state index in [0.29, 0.717) is 41.6 Å². The summed E-state index contributed by atoms with van der Waals surface area (Å²) in [6.45, 7) is 6.55. The lowest BCUT2D eigenvalue weighted by Crippen LogP contribution is -2.13. The van der Waals surface area contributed by atoms with Crippen molar-refractivity contribution in [2.45, 2.75) is 27.2 Å². The molecule has 0 unspecified atom stereocenters. The first-order chi connectivity index (χ1) is 12.0. The average molecular weight is 340 g/mol. The highest BCUT2D eigenvalue weighted by atomic mass is 16.5. The Hall–Kier alpha value is -2.82. The number of anilines is 2. The van der Waals surface area contributed by atoms with Crippen molar-refractivity contribution < 1.29 is 14.3 Å². The number of hydrogen-bond donors (Lipinski definition) is 2. The molecule has 25 heavy (non-hydrogen) atoms. The van der Waals surface area contributed by atoms with Crippen molar-refractivity contribution in [1.82, 2.24) is 0 Å². The van der Waals surface area contributed by atoms with Gasteiger partial charge in [-0.1, -0.05) is 26.8 Å². The van der Waals surface area contributed by atoms with Gasteiger partial charge in [-0.2, -0.15) is 0 Å². The van der Waals surface area contributed by atoms with Gasteiger partial charge in [-0.3, -0.25) is 9.59 Å². The number of hydrogen-bond acceptors (Lipinski definition) is 3. The summed E-state index contributed by atoms with van der Waals surface area (Å²) < 4.78 is 5.65. The minimum Gasteiger partial charge on any atom is -0.493 e. The molecule has 0 bridgehead atoms. The van der Waals surface area contributed by atoms with Crippen LogP contribution in [-0.4, -0.2) is 18.4 Å². The minimum atomic E-state index is -0.208. The molecule has 2 N–H and O–H groups in total. The SMILES string of the molecule is CCC(=O)Nc1ccc(NC(=O)c2cccc(OCC(C)C)c2)cc1. The van der Waals surface area contributed by atoms with Crippen LogP contribution in [0.2, 0.25) is 0 Å². The molecule has 0 aliphatic heterocycles. The standard InChI is InChI=1S/C20H24N2O3/c1-4-19(23)21-16-8-10-17(11-9-16)22-20(24)15-6-5-7-18(12-15)25-13-14(2)3/h5-12,14H,4,13H2,1-3H3,(H,21,23)(H,22,24). The molecule has 0 radical (unpaired) electrons. The number of carbonyl (C=O) groups is 2. The molecule has 0 saturated heterocycles. The second-order valence-electron chi connectivity index (χ2n) is 6.17. The molecular formula is C20H24N2O3. The maximum absolute atomic E-state index is 12.4. The van der Waals surface area contributed by atoms with Crippen molar-refractivity contribution in [3.8, 4) is 5.75 Å². The topological polar surface area (TPSA) is 67.4 Å². The molecule has 5 nitrogen and oxygen atoms in total. The Labute approximate surface area is 148 Å². The number of rotatable bonds is 7. The highest BCUT2D eigenvalue weighted by molar-refractivity contribution is 6.04. The van der Waals surface area contributed by atoms with Crippen LogP contribution >= 0.6 is 0 Å². The summed E-state index contributed by atoms with van der Waals surface area (Å²) in [7, 11) is 0. The fourth-order valence-corrected chi connectivity index (χ4v) is 2.08. The first kappa shape index (κ1) is 18.5. The Morgan fingerprint density at radius 1 is 1.00 bits per heavy atom. The minimum absolute atomic E-state index is 0.0463. The lowest BCUT2D eigenvalue weighted by atomic mass is 10.2. The van der Waals surface area contributed by atoms with Gasteiger partial charge in [0.25, 0.3) is 5.91 Å². The van der Waals surface area contributed by atoms with Crippen LogP contribution in [0.1, 0.15) is 37.6 Å². The van der Waals surface area contributed by atoms with E-state index in [0.717, 1.165) is 0 Å². The van der Waals surface area contributed by atoms with Gasteiger partial charge in [0.05, 0.1) is 6.61 Å². The van der Waals surface area contributed by atoms with Crippen molar-refractivity contribution in [3.05, 3.63) is 54.1 Å². The average Bonchev–Trinajstić information content (AvgIpc) is 2.61. The van der Waals surface area contributed by atoms with E-state index in [-0.39, 0.29) is 11.8 Å². The van der Waals surface area contributed by atoms with E-state index in [9.17, 15) is 9.59 Å². The van der Waals surface area contributed by atoms with Gasteiger partial charge in [0.2, 0.25) is 5.91 Å². The fraction of sp³-hybridized carbons (Fsp3) is 0.300. The zero-order valence-electron chi connectivity index (χ0n) is 14.8. The van der Waals surface area contributed by atoms with Crippen LogP contribution in [0.4, 0.5) is 11.4 Å². The maximum Gasteiger partial charge on any atom is 0.255 e. The molecule has 132 valence electrons. The second kappa shape index (κ2) is 8.87. The largest absolute Gasteiger partial charge is 0.493 e. The van der Waals surface area contributed by atoms with E-state index in [4.69, 9.17) is 4.74 Å². The quantitative estimate of drug-likeness (QED) is 0.788. The molecule has 0 aliphatic carbocycles. The van der Waals surface area contributed by atoms with Crippen LogP contribution < -0.4 is 15.4 Å². The molecule has 2 aromatic rings. The van der Waals surface area contributed by atoms with Gasteiger partial charge in [0, 0.05) is 23.4 Å². The Morgan fingerprint density at radius 3 is 2.24 bits per heavy atom. The summed E-state index contributed by atoms with van der Waals surface area (Å²) in [5, 5.41) is 5.60. The number of amides is 2. The lowest BCUT2D eigenvalue weighted by Gasteiger charge is -2.10. The molecule has 2 aromatic carbocycles. The third-order valence-electron chi connectivity index (χ3n) is 3.43. The molecule has 0 saturated carbocycles. The molecule has 0 aliphatic rings. The normalized spacial score (nSPS) is 10.4. The molecule has 0 aromatic heterocycles. The Morgan fingerprint density at radius 2 is 1.64 bits per heavy atom. The molecule has 0 heterocycles. The predicted molar refractivity (Wildman–Crippen MR) is 100 cm³/mol. The summed E-state index contributed by atoms with van der Waals surface area (Å²) in [5.74, 6) is 0.846. The smallest absolute Gasteiger partial charge is 0.255 e. The zero-order valence-corrected chi connectivity index (χ0v) is 14.8. The third-order valence-corrected chi connectivity index (χ3v) is 3.43. The third kappa shape index (κ3) is 5.95. The van der Waals surface area contributed by atoms with Crippen molar-refractivity contribution in [1.29, 1.82) is 0 Å². The second-order valence-corrected chi connectivity index (χ2v) is 6.17. The monoisotopic (exact) mass is 340 g/mol. The highest BCUT2D eigenvalue weighted by Crippen LogP contribution is 2.18. The van der Waals surface area contributed by atoms with Crippen molar-refractivity contribution in [3.63, 3.8) is 0 Å². The molecule has 2 rings (SSSR count). The van der Waals surface area contributed by atoms with Gasteiger partial charge in [-0.25, -0.2) is 0 Å². The first-order valence-corrected chi connectivity index (χ1v) is 8.42. The van der Waals surface area contributed by atoms with E-state index in [2.05, 4.69) is 24.5 Å². The number of ether oxygens (including phenoxy) is 1. The van der Waals surface area contributed by atoms with Crippen LogP contribution in [0.3, 0.4) is 0 Å². The van der Waals surface area contributed by atoms with E-state index < -0.39 is 0 Å². The maximum atomic E-state index is 12.4. The number of benzene rings is 2. The summed E-state index contributed by atoms with van der Waals surface area (Å²) >= 11 is 0. The number of carbonyl (C=O) groups excluding carboxylic acids is 2. The predicted octanol–water partition coefficient (Wildman–Crippen LogP) is 4.32. The summed E-state index contributed by atoms with van der Waals surface area (Å²) in [6, 6.07) is 14.1. The van der Waals surface area contributed by atoms with E-state index in [1.807, 2.05) is 6.07 Å². The summed E-state index contributed by atoms with van der Waals surface area (Å²) in [4.78, 5) is 23.7. The van der Waals surface area contributed by atoms with Gasteiger partial charge in [-0.15, -0.1) is 0 Å². The van der Waals surface area contributed by atoms with Crippen LogP contribution in [0.15, 0.2) is 48.5 Å². The highest BCUT2D eigenvalue weighted by Gasteiger charge is 2.08. The van der Waals surface area contributed by atoms with Crippen LogP contribution in [0.25, 0.3) is 0 Å². The summed E-state index contributed by atoms with van der Waals surface area (Å²) in [6.07, 6.45) is 0.424. The number of nitrogens with one attached hydrogen (secondary N) is 2. The van der Waals surface area contributed by atoms with Crippen LogP contribution in [0.5, 0.6) is 5.75 Å². The molecule has 0 atom stereocenters. The Kier molecular flexibility index (Phi) is 6.57. The zero-order chi connectivity index (χ0) is 18.2. The van der Waals surface area contributed by atoms with Crippen molar-refractivity contribution in [2.24, 2.45) is 5.92 Å². The van der Waals surface area contributed by atoms with Crippen LogP contribution in [0, 0.1) is 5.92 Å². The lowest BCUT2D eigenvalue weighted by molar-refractivity contribution is -0.115. The molecule has 0 spiro atoms.